The minimum absolute atomic E-state index is 0.245. The van der Waals surface area contributed by atoms with Gasteiger partial charge in [-0.05, 0) is 13.0 Å². The molecule has 0 aliphatic carbocycles. The minimum atomic E-state index is -0.460. The van der Waals surface area contributed by atoms with Crippen molar-refractivity contribution in [3.05, 3.63) is 30.6 Å². The van der Waals surface area contributed by atoms with Crippen LogP contribution in [0, 0.1) is 5.82 Å². The van der Waals surface area contributed by atoms with Crippen molar-refractivity contribution in [1.29, 1.82) is 0 Å². The molecular formula is C10H10FN3O. The third kappa shape index (κ3) is 1.96. The zero-order valence-electron chi connectivity index (χ0n) is 8.20. The second kappa shape index (κ2) is 4.08. The Morgan fingerprint density at radius 1 is 1.53 bits per heavy atom. The third-order valence-corrected chi connectivity index (χ3v) is 1.87. The molecule has 1 N–H and O–H groups in total. The number of anilines is 1. The van der Waals surface area contributed by atoms with E-state index in [1.165, 1.54) is 12.5 Å². The van der Waals surface area contributed by atoms with Crippen LogP contribution in [0.4, 0.5) is 10.3 Å². The zero-order valence-corrected chi connectivity index (χ0v) is 8.20. The van der Waals surface area contributed by atoms with Crippen LogP contribution in [0.3, 0.4) is 0 Å². The molecule has 0 amide bonds. The van der Waals surface area contributed by atoms with Gasteiger partial charge in [-0.1, -0.05) is 0 Å². The maximum Gasteiger partial charge on any atom is 0.223 e. The average Bonchev–Trinajstić information content (AvgIpc) is 2.74. The van der Waals surface area contributed by atoms with E-state index in [0.29, 0.717) is 18.1 Å². The number of furan rings is 1. The highest BCUT2D eigenvalue weighted by Gasteiger charge is 2.09. The number of aromatic nitrogens is 2. The first-order valence-electron chi connectivity index (χ1n) is 4.60. The minimum Gasteiger partial charge on any atom is -0.472 e. The van der Waals surface area contributed by atoms with E-state index in [4.69, 9.17) is 4.42 Å². The lowest BCUT2D eigenvalue weighted by Gasteiger charge is -2.03. The monoisotopic (exact) mass is 207 g/mol. The molecule has 0 spiro atoms. The highest BCUT2D eigenvalue weighted by atomic mass is 19.1. The molecular weight excluding hydrogens is 197 g/mol. The summed E-state index contributed by atoms with van der Waals surface area (Å²) in [7, 11) is 0. The van der Waals surface area contributed by atoms with Gasteiger partial charge in [0, 0.05) is 12.1 Å². The molecule has 0 atom stereocenters. The van der Waals surface area contributed by atoms with Crippen molar-refractivity contribution in [2.45, 2.75) is 6.92 Å². The van der Waals surface area contributed by atoms with E-state index in [1.807, 2.05) is 6.92 Å². The Bertz CT molecular complexity index is 442. The van der Waals surface area contributed by atoms with Crippen molar-refractivity contribution < 1.29 is 8.81 Å². The van der Waals surface area contributed by atoms with Crippen LogP contribution >= 0.6 is 0 Å². The fourth-order valence-electron chi connectivity index (χ4n) is 1.21. The van der Waals surface area contributed by atoms with Crippen molar-refractivity contribution >= 4 is 5.95 Å². The van der Waals surface area contributed by atoms with Crippen LogP contribution in [0.15, 0.2) is 29.2 Å². The molecule has 0 fully saturated rings. The Morgan fingerprint density at radius 3 is 3.07 bits per heavy atom. The van der Waals surface area contributed by atoms with Crippen LogP contribution in [0.1, 0.15) is 6.92 Å². The summed E-state index contributed by atoms with van der Waals surface area (Å²) >= 11 is 0. The SMILES string of the molecule is CCNc1ncc(F)c(-c2ccoc2)n1. The molecule has 0 saturated heterocycles. The van der Waals surface area contributed by atoms with E-state index >= 15 is 0 Å². The second-order valence-corrected chi connectivity index (χ2v) is 2.93. The first-order chi connectivity index (χ1) is 7.31. The molecule has 5 heteroatoms. The van der Waals surface area contributed by atoms with Gasteiger partial charge in [0.05, 0.1) is 18.7 Å². The van der Waals surface area contributed by atoms with Gasteiger partial charge < -0.3 is 9.73 Å². The first-order valence-corrected chi connectivity index (χ1v) is 4.60. The van der Waals surface area contributed by atoms with Gasteiger partial charge in [-0.15, -0.1) is 0 Å². The van der Waals surface area contributed by atoms with E-state index in [1.54, 1.807) is 6.07 Å². The van der Waals surface area contributed by atoms with E-state index in [0.717, 1.165) is 6.20 Å². The molecule has 0 aromatic carbocycles. The van der Waals surface area contributed by atoms with E-state index < -0.39 is 5.82 Å². The lowest BCUT2D eigenvalue weighted by molar-refractivity contribution is 0.567. The van der Waals surface area contributed by atoms with Gasteiger partial charge in [-0.3, -0.25) is 0 Å². The standard InChI is InChI=1S/C10H10FN3O/c1-2-12-10-13-5-8(11)9(14-10)7-3-4-15-6-7/h3-6H,2H2,1H3,(H,12,13,14). The second-order valence-electron chi connectivity index (χ2n) is 2.93. The molecule has 2 aromatic rings. The average molecular weight is 207 g/mol. The van der Waals surface area contributed by atoms with Crippen LogP contribution in [-0.4, -0.2) is 16.5 Å². The molecule has 2 heterocycles. The highest BCUT2D eigenvalue weighted by molar-refractivity contribution is 5.59. The van der Waals surface area contributed by atoms with Crippen molar-refractivity contribution in [2.24, 2.45) is 0 Å². The van der Waals surface area contributed by atoms with Gasteiger partial charge in [0.1, 0.15) is 5.69 Å². The van der Waals surface area contributed by atoms with Crippen molar-refractivity contribution in [3.8, 4) is 11.3 Å². The number of nitrogens with zero attached hydrogens (tertiary/aromatic N) is 2. The summed E-state index contributed by atoms with van der Waals surface area (Å²) < 4.78 is 18.3. The number of hydrogen-bond donors (Lipinski definition) is 1. The van der Waals surface area contributed by atoms with E-state index in [2.05, 4.69) is 15.3 Å². The number of rotatable bonds is 3. The van der Waals surface area contributed by atoms with Gasteiger partial charge in [0.2, 0.25) is 5.95 Å². The summed E-state index contributed by atoms with van der Waals surface area (Å²) in [6, 6.07) is 1.65. The molecule has 78 valence electrons. The summed E-state index contributed by atoms with van der Waals surface area (Å²) in [6.45, 7) is 2.61. The largest absolute Gasteiger partial charge is 0.472 e. The highest BCUT2D eigenvalue weighted by Crippen LogP contribution is 2.21. The Balaban J connectivity index is 2.41. The summed E-state index contributed by atoms with van der Waals surface area (Å²) in [6.07, 6.45) is 4.07. The zero-order chi connectivity index (χ0) is 10.7. The number of nitrogens with one attached hydrogen (secondary N) is 1. The van der Waals surface area contributed by atoms with E-state index in [9.17, 15) is 4.39 Å². The number of halogens is 1. The van der Waals surface area contributed by atoms with Gasteiger partial charge >= 0.3 is 0 Å². The molecule has 0 aliphatic heterocycles. The first kappa shape index (κ1) is 9.64. The molecule has 0 aliphatic rings. The predicted octanol–water partition coefficient (Wildman–Crippen LogP) is 2.31. The van der Waals surface area contributed by atoms with Crippen LogP contribution in [0.5, 0.6) is 0 Å². The van der Waals surface area contributed by atoms with Gasteiger partial charge in [0.25, 0.3) is 0 Å². The number of hydrogen-bond acceptors (Lipinski definition) is 4. The molecule has 15 heavy (non-hydrogen) atoms. The van der Waals surface area contributed by atoms with Crippen LogP contribution < -0.4 is 5.32 Å². The van der Waals surface area contributed by atoms with Gasteiger partial charge in [-0.2, -0.15) is 0 Å². The molecule has 4 nitrogen and oxygen atoms in total. The lowest BCUT2D eigenvalue weighted by atomic mass is 10.2. The molecule has 2 rings (SSSR count). The van der Waals surface area contributed by atoms with Crippen LogP contribution in [-0.2, 0) is 0 Å². The van der Waals surface area contributed by atoms with Gasteiger partial charge in [-0.25, -0.2) is 14.4 Å². The Morgan fingerprint density at radius 2 is 2.40 bits per heavy atom. The quantitative estimate of drug-likeness (QED) is 0.839. The maximum absolute atomic E-state index is 13.4. The molecule has 2 aromatic heterocycles. The maximum atomic E-state index is 13.4. The summed E-state index contributed by atoms with van der Waals surface area (Å²) in [5.74, 6) is -0.0480. The predicted molar refractivity (Wildman–Crippen MR) is 53.9 cm³/mol. The summed E-state index contributed by atoms with van der Waals surface area (Å²) in [4.78, 5) is 7.86. The Labute approximate surface area is 86.2 Å². The molecule has 0 unspecified atom stereocenters. The van der Waals surface area contributed by atoms with Crippen molar-refractivity contribution in [3.63, 3.8) is 0 Å². The third-order valence-electron chi connectivity index (χ3n) is 1.87. The van der Waals surface area contributed by atoms with Gasteiger partial charge in [0.15, 0.2) is 5.82 Å². The topological polar surface area (TPSA) is 51.0 Å². The molecule has 0 radical (unpaired) electrons. The molecule has 0 saturated carbocycles. The smallest absolute Gasteiger partial charge is 0.223 e. The van der Waals surface area contributed by atoms with E-state index in [-0.39, 0.29) is 5.69 Å². The molecule has 0 bridgehead atoms. The van der Waals surface area contributed by atoms with Crippen molar-refractivity contribution in [1.82, 2.24) is 9.97 Å². The van der Waals surface area contributed by atoms with Crippen molar-refractivity contribution in [2.75, 3.05) is 11.9 Å². The Hall–Kier alpha value is -1.91. The van der Waals surface area contributed by atoms with Crippen LogP contribution in [0.25, 0.3) is 11.3 Å². The Kier molecular flexibility index (Phi) is 2.62. The fraction of sp³-hybridized carbons (Fsp3) is 0.200. The van der Waals surface area contributed by atoms with Crippen LogP contribution in [0.2, 0.25) is 0 Å². The normalized spacial score (nSPS) is 10.3. The fourth-order valence-corrected chi connectivity index (χ4v) is 1.21. The summed E-state index contributed by atoms with van der Waals surface area (Å²) in [5.41, 5.74) is 0.851. The summed E-state index contributed by atoms with van der Waals surface area (Å²) in [5, 5.41) is 2.92. The lowest BCUT2D eigenvalue weighted by Crippen LogP contribution is -2.03.